The Hall–Kier alpha value is -1.25. The topological polar surface area (TPSA) is 30.0 Å². The van der Waals surface area contributed by atoms with Crippen molar-refractivity contribution >= 4 is 6.29 Å². The molecule has 1 rings (SSSR count). The quantitative estimate of drug-likeness (QED) is 0.434. The monoisotopic (exact) mass is 139 g/mol. The van der Waals surface area contributed by atoms with Crippen LogP contribution < -0.4 is 0 Å². The lowest BCUT2D eigenvalue weighted by molar-refractivity contribution is 0.112. The van der Waals surface area contributed by atoms with Gasteiger partial charge in [-0.25, -0.2) is 4.98 Å². The van der Waals surface area contributed by atoms with Gasteiger partial charge in [0.15, 0.2) is 6.29 Å². The Kier molecular flexibility index (Phi) is 1.76. The predicted octanol–water partition coefficient (Wildman–Crippen LogP) is 1.34. The van der Waals surface area contributed by atoms with Crippen LogP contribution in [0.3, 0.4) is 0 Å². The maximum atomic E-state index is 12.3. The second-order valence-electron chi connectivity index (χ2n) is 1.98. The van der Waals surface area contributed by atoms with Crippen LogP contribution in [0.1, 0.15) is 15.9 Å². The number of aryl methyl sites for hydroxylation is 1. The molecule has 0 atom stereocenters. The molecule has 10 heavy (non-hydrogen) atoms. The van der Waals surface area contributed by atoms with E-state index in [0.717, 1.165) is 0 Å². The number of pyridine rings is 1. The fourth-order valence-electron chi connectivity index (χ4n) is 0.656. The van der Waals surface area contributed by atoms with Crippen LogP contribution >= 0.6 is 0 Å². The Morgan fingerprint density at radius 1 is 1.70 bits per heavy atom. The van der Waals surface area contributed by atoms with Gasteiger partial charge in [-0.2, -0.15) is 4.39 Å². The summed E-state index contributed by atoms with van der Waals surface area (Å²) in [6.45, 7) is 1.66. The molecule has 0 aliphatic heterocycles. The van der Waals surface area contributed by atoms with Crippen molar-refractivity contribution in [3.8, 4) is 0 Å². The summed E-state index contributed by atoms with van der Waals surface area (Å²) in [5.41, 5.74) is 1.05. The normalized spacial score (nSPS) is 9.40. The molecule has 0 aromatic carbocycles. The average Bonchev–Trinajstić information content (AvgIpc) is 1.88. The smallest absolute Gasteiger partial charge is 0.213 e. The van der Waals surface area contributed by atoms with E-state index in [4.69, 9.17) is 0 Å². The number of nitrogens with zero attached hydrogens (tertiary/aromatic N) is 1. The minimum absolute atomic E-state index is 0.432. The van der Waals surface area contributed by atoms with E-state index in [-0.39, 0.29) is 0 Å². The minimum atomic E-state index is -0.553. The van der Waals surface area contributed by atoms with Crippen LogP contribution in [-0.2, 0) is 0 Å². The molecule has 0 saturated heterocycles. The van der Waals surface area contributed by atoms with Crippen molar-refractivity contribution in [2.75, 3.05) is 0 Å². The highest BCUT2D eigenvalue weighted by molar-refractivity contribution is 5.76. The molecular formula is C7H6FNO. The summed E-state index contributed by atoms with van der Waals surface area (Å²) in [5, 5.41) is 0. The van der Waals surface area contributed by atoms with Crippen molar-refractivity contribution in [2.45, 2.75) is 6.92 Å². The molecule has 0 aliphatic rings. The number of carbonyl (C=O) groups is 1. The molecule has 1 heterocycles. The van der Waals surface area contributed by atoms with E-state index in [1.165, 1.54) is 12.3 Å². The number of aldehydes is 1. The van der Waals surface area contributed by atoms with Crippen molar-refractivity contribution in [2.24, 2.45) is 0 Å². The van der Waals surface area contributed by atoms with Crippen LogP contribution in [0.4, 0.5) is 4.39 Å². The zero-order chi connectivity index (χ0) is 7.56. The SMILES string of the molecule is Cc1cc(F)ncc1C=O. The molecular weight excluding hydrogens is 133 g/mol. The molecule has 0 radical (unpaired) electrons. The first-order valence-corrected chi connectivity index (χ1v) is 2.81. The molecule has 1 aromatic rings. The molecule has 0 aliphatic carbocycles. The largest absolute Gasteiger partial charge is 0.298 e. The Morgan fingerprint density at radius 2 is 2.40 bits per heavy atom. The van der Waals surface area contributed by atoms with Gasteiger partial charge in [-0.1, -0.05) is 0 Å². The first-order chi connectivity index (χ1) is 4.74. The van der Waals surface area contributed by atoms with Crippen LogP contribution in [0.15, 0.2) is 12.3 Å². The standard InChI is InChI=1S/C7H6FNO/c1-5-2-7(8)9-3-6(5)4-10/h2-4H,1H3. The van der Waals surface area contributed by atoms with Gasteiger partial charge in [-0.05, 0) is 18.6 Å². The van der Waals surface area contributed by atoms with Crippen LogP contribution in [-0.4, -0.2) is 11.3 Å². The van der Waals surface area contributed by atoms with Crippen molar-refractivity contribution in [1.82, 2.24) is 4.98 Å². The number of halogens is 1. The fraction of sp³-hybridized carbons (Fsp3) is 0.143. The molecule has 0 unspecified atom stereocenters. The van der Waals surface area contributed by atoms with Gasteiger partial charge >= 0.3 is 0 Å². The molecule has 0 N–H and O–H groups in total. The minimum Gasteiger partial charge on any atom is -0.298 e. The van der Waals surface area contributed by atoms with E-state index >= 15 is 0 Å². The molecule has 0 saturated carbocycles. The Labute approximate surface area is 57.7 Å². The second kappa shape index (κ2) is 2.56. The van der Waals surface area contributed by atoms with E-state index in [9.17, 15) is 9.18 Å². The van der Waals surface area contributed by atoms with Crippen LogP contribution in [0.2, 0.25) is 0 Å². The van der Waals surface area contributed by atoms with E-state index in [0.29, 0.717) is 17.4 Å². The first-order valence-electron chi connectivity index (χ1n) is 2.81. The van der Waals surface area contributed by atoms with Gasteiger partial charge < -0.3 is 0 Å². The molecule has 0 fully saturated rings. The van der Waals surface area contributed by atoms with Crippen molar-refractivity contribution in [3.05, 3.63) is 29.3 Å². The lowest BCUT2D eigenvalue weighted by atomic mass is 10.2. The zero-order valence-electron chi connectivity index (χ0n) is 5.47. The first kappa shape index (κ1) is 6.86. The number of hydrogen-bond donors (Lipinski definition) is 0. The Balaban J connectivity index is 3.19. The summed E-state index contributed by atoms with van der Waals surface area (Å²) in [6.07, 6.45) is 1.87. The van der Waals surface area contributed by atoms with Gasteiger partial charge in [0.25, 0.3) is 0 Å². The van der Waals surface area contributed by atoms with Gasteiger partial charge in [0.2, 0.25) is 5.95 Å². The Bertz CT molecular complexity index is 260. The van der Waals surface area contributed by atoms with E-state index < -0.39 is 5.95 Å². The van der Waals surface area contributed by atoms with Crippen molar-refractivity contribution < 1.29 is 9.18 Å². The van der Waals surface area contributed by atoms with Gasteiger partial charge in [0.1, 0.15) is 0 Å². The molecule has 0 bridgehead atoms. The molecule has 3 heteroatoms. The van der Waals surface area contributed by atoms with E-state index in [2.05, 4.69) is 4.98 Å². The lowest BCUT2D eigenvalue weighted by Crippen LogP contribution is -1.90. The van der Waals surface area contributed by atoms with Crippen molar-refractivity contribution in [3.63, 3.8) is 0 Å². The third-order valence-electron chi connectivity index (χ3n) is 1.24. The van der Waals surface area contributed by atoms with Gasteiger partial charge in [0.05, 0.1) is 0 Å². The van der Waals surface area contributed by atoms with E-state index in [1.807, 2.05) is 0 Å². The highest BCUT2D eigenvalue weighted by Gasteiger charge is 1.97. The summed E-state index contributed by atoms with van der Waals surface area (Å²) in [6, 6.07) is 1.23. The molecule has 0 amide bonds. The molecule has 52 valence electrons. The fourth-order valence-corrected chi connectivity index (χ4v) is 0.656. The summed E-state index contributed by atoms with van der Waals surface area (Å²) < 4.78 is 12.3. The molecule has 2 nitrogen and oxygen atoms in total. The molecule has 0 spiro atoms. The summed E-state index contributed by atoms with van der Waals surface area (Å²) in [5.74, 6) is -0.553. The third-order valence-corrected chi connectivity index (χ3v) is 1.24. The molecule has 1 aromatic heterocycles. The highest BCUT2D eigenvalue weighted by atomic mass is 19.1. The van der Waals surface area contributed by atoms with Gasteiger partial charge in [-0.3, -0.25) is 4.79 Å². The van der Waals surface area contributed by atoms with Gasteiger partial charge in [0, 0.05) is 11.8 Å². The summed E-state index contributed by atoms with van der Waals surface area (Å²) in [7, 11) is 0. The highest BCUT2D eigenvalue weighted by Crippen LogP contribution is 2.03. The number of aromatic nitrogens is 1. The van der Waals surface area contributed by atoms with Crippen LogP contribution in [0.5, 0.6) is 0 Å². The summed E-state index contributed by atoms with van der Waals surface area (Å²) in [4.78, 5) is 13.5. The van der Waals surface area contributed by atoms with Gasteiger partial charge in [-0.15, -0.1) is 0 Å². The predicted molar refractivity (Wildman–Crippen MR) is 34.3 cm³/mol. The third kappa shape index (κ3) is 1.18. The van der Waals surface area contributed by atoms with Crippen LogP contribution in [0.25, 0.3) is 0 Å². The maximum absolute atomic E-state index is 12.3. The average molecular weight is 139 g/mol. The van der Waals surface area contributed by atoms with Crippen molar-refractivity contribution in [1.29, 1.82) is 0 Å². The lowest BCUT2D eigenvalue weighted by Gasteiger charge is -1.94. The maximum Gasteiger partial charge on any atom is 0.213 e. The van der Waals surface area contributed by atoms with Crippen LogP contribution in [0, 0.1) is 12.9 Å². The number of hydrogen-bond acceptors (Lipinski definition) is 2. The Morgan fingerprint density at radius 3 is 2.90 bits per heavy atom. The van der Waals surface area contributed by atoms with E-state index in [1.54, 1.807) is 6.92 Å². The summed E-state index contributed by atoms with van der Waals surface area (Å²) >= 11 is 0. The zero-order valence-corrected chi connectivity index (χ0v) is 5.47. The second-order valence-corrected chi connectivity index (χ2v) is 1.98. The number of carbonyl (C=O) groups excluding carboxylic acids is 1. The number of rotatable bonds is 1.